The Bertz CT molecular complexity index is 492. The van der Waals surface area contributed by atoms with Crippen molar-refractivity contribution in [2.45, 2.75) is 41.0 Å². The standard InChI is InChI=1S/C14H23N3O3/c1-6-14(4,5)12(18)20-8-7-15-13(19)17-11(3)9-10(2)16-17/h9H,6-8H2,1-5H3,(H,15,19). The summed E-state index contributed by atoms with van der Waals surface area (Å²) < 4.78 is 6.43. The van der Waals surface area contributed by atoms with Crippen molar-refractivity contribution in [1.29, 1.82) is 0 Å². The fourth-order valence-corrected chi connectivity index (χ4v) is 1.55. The van der Waals surface area contributed by atoms with E-state index in [1.165, 1.54) is 4.68 Å². The molecule has 6 heteroatoms. The van der Waals surface area contributed by atoms with Crippen LogP contribution in [0, 0.1) is 19.3 Å². The van der Waals surface area contributed by atoms with E-state index in [1.54, 1.807) is 0 Å². The number of esters is 1. The largest absolute Gasteiger partial charge is 0.463 e. The van der Waals surface area contributed by atoms with Crippen molar-refractivity contribution >= 4 is 12.0 Å². The molecule has 1 rings (SSSR count). The zero-order chi connectivity index (χ0) is 15.3. The van der Waals surface area contributed by atoms with Gasteiger partial charge in [0.05, 0.1) is 17.7 Å². The van der Waals surface area contributed by atoms with E-state index in [0.29, 0.717) is 6.42 Å². The molecule has 0 aliphatic heterocycles. The number of amides is 1. The van der Waals surface area contributed by atoms with Gasteiger partial charge in [-0.1, -0.05) is 6.92 Å². The van der Waals surface area contributed by atoms with Crippen LogP contribution in [-0.4, -0.2) is 34.9 Å². The summed E-state index contributed by atoms with van der Waals surface area (Å²) in [6.45, 7) is 9.67. The molecule has 20 heavy (non-hydrogen) atoms. The van der Waals surface area contributed by atoms with Gasteiger partial charge in [0.2, 0.25) is 0 Å². The SMILES string of the molecule is CCC(C)(C)C(=O)OCCNC(=O)n1nc(C)cc1C. The average Bonchev–Trinajstić information content (AvgIpc) is 2.73. The monoisotopic (exact) mass is 281 g/mol. The molecule has 0 spiro atoms. The van der Waals surface area contributed by atoms with Crippen LogP contribution < -0.4 is 5.32 Å². The van der Waals surface area contributed by atoms with Gasteiger partial charge in [-0.25, -0.2) is 4.79 Å². The highest BCUT2D eigenvalue weighted by Crippen LogP contribution is 2.21. The Morgan fingerprint density at radius 2 is 2.05 bits per heavy atom. The lowest BCUT2D eigenvalue weighted by molar-refractivity contribution is -0.153. The van der Waals surface area contributed by atoms with Crippen molar-refractivity contribution in [2.75, 3.05) is 13.2 Å². The number of aryl methyl sites for hydroxylation is 2. The Hall–Kier alpha value is -1.85. The van der Waals surface area contributed by atoms with Gasteiger partial charge in [-0.15, -0.1) is 0 Å². The minimum atomic E-state index is -0.486. The van der Waals surface area contributed by atoms with Crippen LogP contribution in [0.25, 0.3) is 0 Å². The van der Waals surface area contributed by atoms with E-state index in [-0.39, 0.29) is 25.2 Å². The van der Waals surface area contributed by atoms with Gasteiger partial charge in [0.15, 0.2) is 0 Å². The zero-order valence-corrected chi connectivity index (χ0v) is 12.8. The second-order valence-corrected chi connectivity index (χ2v) is 5.44. The predicted molar refractivity (Wildman–Crippen MR) is 75.5 cm³/mol. The second-order valence-electron chi connectivity index (χ2n) is 5.44. The Balaban J connectivity index is 2.37. The molecule has 0 saturated heterocycles. The number of hydrogen-bond acceptors (Lipinski definition) is 4. The summed E-state index contributed by atoms with van der Waals surface area (Å²) in [6, 6.07) is 1.50. The summed E-state index contributed by atoms with van der Waals surface area (Å²) in [5.74, 6) is -0.250. The van der Waals surface area contributed by atoms with Gasteiger partial charge in [0, 0.05) is 5.69 Å². The number of carbonyl (C=O) groups excluding carboxylic acids is 2. The fourth-order valence-electron chi connectivity index (χ4n) is 1.55. The molecule has 0 aliphatic carbocycles. The molecule has 1 N–H and O–H groups in total. The quantitative estimate of drug-likeness (QED) is 0.662. The van der Waals surface area contributed by atoms with E-state index in [1.807, 2.05) is 40.7 Å². The molecule has 6 nitrogen and oxygen atoms in total. The van der Waals surface area contributed by atoms with Gasteiger partial charge >= 0.3 is 12.0 Å². The molecule has 1 aromatic rings. The molecule has 0 fully saturated rings. The van der Waals surface area contributed by atoms with Crippen LogP contribution in [0.3, 0.4) is 0 Å². The van der Waals surface area contributed by atoms with Crippen molar-refractivity contribution in [3.8, 4) is 0 Å². The molecule has 1 aromatic heterocycles. The van der Waals surface area contributed by atoms with Gasteiger partial charge in [0.25, 0.3) is 0 Å². The zero-order valence-electron chi connectivity index (χ0n) is 12.8. The lowest BCUT2D eigenvalue weighted by Crippen LogP contribution is -2.34. The summed E-state index contributed by atoms with van der Waals surface area (Å²) in [4.78, 5) is 23.5. The smallest absolute Gasteiger partial charge is 0.342 e. The number of hydrogen-bond donors (Lipinski definition) is 1. The number of nitrogens with zero attached hydrogens (tertiary/aromatic N) is 2. The van der Waals surface area contributed by atoms with Crippen LogP contribution in [0.2, 0.25) is 0 Å². The third-order valence-corrected chi connectivity index (χ3v) is 3.25. The topological polar surface area (TPSA) is 73.2 Å². The molecule has 1 amide bonds. The van der Waals surface area contributed by atoms with Crippen molar-refractivity contribution in [2.24, 2.45) is 5.41 Å². The number of nitrogens with one attached hydrogen (secondary N) is 1. The third-order valence-electron chi connectivity index (χ3n) is 3.25. The molecule has 0 atom stereocenters. The first-order valence-corrected chi connectivity index (χ1v) is 6.76. The minimum absolute atomic E-state index is 0.160. The van der Waals surface area contributed by atoms with Gasteiger partial charge in [-0.3, -0.25) is 4.79 Å². The highest BCUT2D eigenvalue weighted by atomic mass is 16.5. The van der Waals surface area contributed by atoms with Gasteiger partial charge in [-0.2, -0.15) is 9.78 Å². The third kappa shape index (κ3) is 4.08. The Labute approximate surface area is 119 Å². The van der Waals surface area contributed by atoms with E-state index in [4.69, 9.17) is 4.74 Å². The number of ether oxygens (including phenoxy) is 1. The maximum atomic E-state index is 11.8. The van der Waals surface area contributed by atoms with E-state index in [9.17, 15) is 9.59 Å². The van der Waals surface area contributed by atoms with Gasteiger partial charge in [0.1, 0.15) is 6.61 Å². The minimum Gasteiger partial charge on any atom is -0.463 e. The lowest BCUT2D eigenvalue weighted by atomic mass is 9.91. The van der Waals surface area contributed by atoms with Crippen LogP contribution in [-0.2, 0) is 9.53 Å². The Morgan fingerprint density at radius 1 is 1.40 bits per heavy atom. The highest BCUT2D eigenvalue weighted by molar-refractivity contribution is 5.77. The van der Waals surface area contributed by atoms with Crippen molar-refractivity contribution in [3.63, 3.8) is 0 Å². The molecule has 0 saturated carbocycles. The van der Waals surface area contributed by atoms with Crippen molar-refractivity contribution in [3.05, 3.63) is 17.5 Å². The summed E-state index contributed by atoms with van der Waals surface area (Å²) >= 11 is 0. The first kappa shape index (κ1) is 16.2. The first-order chi connectivity index (χ1) is 9.27. The van der Waals surface area contributed by atoms with Crippen molar-refractivity contribution in [1.82, 2.24) is 15.1 Å². The van der Waals surface area contributed by atoms with E-state index >= 15 is 0 Å². The highest BCUT2D eigenvalue weighted by Gasteiger charge is 2.26. The summed E-state index contributed by atoms with van der Waals surface area (Å²) in [5, 5.41) is 6.74. The van der Waals surface area contributed by atoms with Gasteiger partial charge in [-0.05, 0) is 40.2 Å². The predicted octanol–water partition coefficient (Wildman–Crippen LogP) is 2.04. The molecule has 0 unspecified atom stereocenters. The molecule has 1 heterocycles. The Morgan fingerprint density at radius 3 is 2.55 bits per heavy atom. The first-order valence-electron chi connectivity index (χ1n) is 6.76. The van der Waals surface area contributed by atoms with Gasteiger partial charge < -0.3 is 10.1 Å². The molecular weight excluding hydrogens is 258 g/mol. The fraction of sp³-hybridized carbons (Fsp3) is 0.643. The van der Waals surface area contributed by atoms with E-state index < -0.39 is 5.41 Å². The number of aromatic nitrogens is 2. The normalized spacial score (nSPS) is 11.2. The number of rotatable bonds is 5. The second kappa shape index (κ2) is 6.54. The van der Waals surface area contributed by atoms with Crippen LogP contribution in [0.1, 0.15) is 38.6 Å². The van der Waals surface area contributed by atoms with Crippen molar-refractivity contribution < 1.29 is 14.3 Å². The summed E-state index contributed by atoms with van der Waals surface area (Å²) in [6.07, 6.45) is 0.712. The Kier molecular flexibility index (Phi) is 5.30. The molecule has 0 radical (unpaired) electrons. The maximum absolute atomic E-state index is 11.8. The van der Waals surface area contributed by atoms with E-state index in [2.05, 4.69) is 10.4 Å². The summed E-state index contributed by atoms with van der Waals surface area (Å²) in [7, 11) is 0. The molecule has 0 aliphatic rings. The molecule has 0 bridgehead atoms. The molecule has 112 valence electrons. The van der Waals surface area contributed by atoms with Crippen LogP contribution in [0.4, 0.5) is 4.79 Å². The van der Waals surface area contributed by atoms with E-state index in [0.717, 1.165) is 11.4 Å². The van der Waals surface area contributed by atoms with Crippen LogP contribution in [0.15, 0.2) is 6.07 Å². The maximum Gasteiger partial charge on any atom is 0.342 e. The lowest BCUT2D eigenvalue weighted by Gasteiger charge is -2.20. The molecule has 0 aromatic carbocycles. The van der Waals surface area contributed by atoms with Crippen LogP contribution >= 0.6 is 0 Å². The van der Waals surface area contributed by atoms with Crippen LogP contribution in [0.5, 0.6) is 0 Å². The molecular formula is C14H23N3O3. The number of carbonyl (C=O) groups is 2. The summed E-state index contributed by atoms with van der Waals surface area (Å²) in [5.41, 5.74) is 1.07. The average molecular weight is 281 g/mol.